The molecule has 7 heteroatoms. The van der Waals surface area contributed by atoms with Crippen molar-refractivity contribution in [3.05, 3.63) is 52.6 Å². The van der Waals surface area contributed by atoms with Crippen LogP contribution in [0, 0.1) is 17.8 Å². The number of anilines is 1. The van der Waals surface area contributed by atoms with Gasteiger partial charge in [0.05, 0.1) is 5.69 Å². The Morgan fingerprint density at radius 3 is 2.46 bits per heavy atom. The number of hydrogen-bond donors (Lipinski definition) is 2. The Labute approximate surface area is 151 Å². The fraction of sp³-hybridized carbons (Fsp3) is 0.421. The van der Waals surface area contributed by atoms with E-state index in [0.717, 1.165) is 25.2 Å². The summed E-state index contributed by atoms with van der Waals surface area (Å²) in [5.74, 6) is 1.10. The second kappa shape index (κ2) is 6.25. The van der Waals surface area contributed by atoms with E-state index in [4.69, 9.17) is 11.5 Å². The van der Waals surface area contributed by atoms with Gasteiger partial charge in [0.2, 0.25) is 5.91 Å². The highest BCUT2D eigenvalue weighted by Crippen LogP contribution is 2.51. The number of primary amides is 1. The Morgan fingerprint density at radius 1 is 1.23 bits per heavy atom. The smallest absolute Gasteiger partial charge is 0.354 e. The number of amides is 1. The average Bonchev–Trinajstić information content (AvgIpc) is 3.11. The van der Waals surface area contributed by atoms with Crippen molar-refractivity contribution in [2.75, 3.05) is 18.8 Å². The molecule has 2 heterocycles. The quantitative estimate of drug-likeness (QED) is 0.809. The molecule has 1 saturated heterocycles. The van der Waals surface area contributed by atoms with Gasteiger partial charge in [-0.2, -0.15) is 4.98 Å². The summed E-state index contributed by atoms with van der Waals surface area (Å²) in [5, 5.41) is 0. The third-order valence-electron chi connectivity index (χ3n) is 5.74. The summed E-state index contributed by atoms with van der Waals surface area (Å²) in [7, 11) is 0. The molecular weight excluding hydrogens is 330 g/mol. The van der Waals surface area contributed by atoms with Crippen LogP contribution in [0.1, 0.15) is 12.5 Å². The van der Waals surface area contributed by atoms with E-state index in [0.29, 0.717) is 17.9 Å². The maximum atomic E-state index is 11.9. The zero-order valence-electron chi connectivity index (χ0n) is 14.7. The number of nitrogens with zero attached hydrogens (tertiary/aromatic N) is 3. The summed E-state index contributed by atoms with van der Waals surface area (Å²) in [5.41, 5.74) is 12.5. The van der Waals surface area contributed by atoms with Crippen LogP contribution < -0.4 is 17.2 Å². The molecule has 0 bridgehead atoms. The molecule has 1 amide bonds. The maximum Gasteiger partial charge on any atom is 0.354 e. The molecule has 1 saturated carbocycles. The number of nitrogen functional groups attached to an aromatic ring is 1. The average molecular weight is 353 g/mol. The number of rotatable bonds is 5. The highest BCUT2D eigenvalue weighted by molar-refractivity contribution is 5.80. The van der Waals surface area contributed by atoms with Gasteiger partial charge >= 0.3 is 5.69 Å². The van der Waals surface area contributed by atoms with Crippen molar-refractivity contribution in [1.82, 2.24) is 14.5 Å². The van der Waals surface area contributed by atoms with Crippen molar-refractivity contribution in [3.63, 3.8) is 0 Å². The minimum absolute atomic E-state index is 0.101. The monoisotopic (exact) mass is 353 g/mol. The van der Waals surface area contributed by atoms with E-state index in [-0.39, 0.29) is 23.3 Å². The molecular formula is C19H23N5O2. The Hall–Kier alpha value is -2.67. The fourth-order valence-corrected chi connectivity index (χ4v) is 4.22. The van der Waals surface area contributed by atoms with Crippen molar-refractivity contribution >= 4 is 11.7 Å². The van der Waals surface area contributed by atoms with E-state index in [2.05, 4.69) is 16.8 Å². The van der Waals surface area contributed by atoms with Crippen LogP contribution in [-0.2, 0) is 11.2 Å². The van der Waals surface area contributed by atoms with Gasteiger partial charge in [0.25, 0.3) is 0 Å². The van der Waals surface area contributed by atoms with E-state index >= 15 is 0 Å². The lowest BCUT2D eigenvalue weighted by Crippen LogP contribution is -2.36. The van der Waals surface area contributed by atoms with Gasteiger partial charge in [-0.3, -0.25) is 14.3 Å². The molecule has 1 aliphatic heterocycles. The van der Waals surface area contributed by atoms with E-state index in [1.165, 1.54) is 10.1 Å². The molecule has 1 aliphatic carbocycles. The van der Waals surface area contributed by atoms with Gasteiger partial charge in [0.1, 0.15) is 5.82 Å². The minimum Gasteiger partial charge on any atom is -0.383 e. The number of hydrogen-bond acceptors (Lipinski definition) is 5. The van der Waals surface area contributed by atoms with Crippen LogP contribution in [0.2, 0.25) is 0 Å². The maximum absolute atomic E-state index is 11.9. The number of nitrogens with two attached hydrogens (primary N) is 2. The molecule has 2 aliphatic rings. The number of aromatic nitrogens is 2. The van der Waals surface area contributed by atoms with Gasteiger partial charge in [0, 0.05) is 31.2 Å². The van der Waals surface area contributed by atoms with Gasteiger partial charge in [-0.05, 0) is 48.9 Å². The van der Waals surface area contributed by atoms with Crippen LogP contribution in [-0.4, -0.2) is 39.5 Å². The Balaban J connectivity index is 1.39. The number of carbonyl (C=O) groups is 1. The predicted molar refractivity (Wildman–Crippen MR) is 98.6 cm³/mol. The molecule has 1 unspecified atom stereocenters. The topological polar surface area (TPSA) is 107 Å². The minimum atomic E-state index is -0.383. The first-order valence-electron chi connectivity index (χ1n) is 8.92. The van der Waals surface area contributed by atoms with Crippen LogP contribution in [0.5, 0.6) is 0 Å². The van der Waals surface area contributed by atoms with Crippen molar-refractivity contribution in [1.29, 1.82) is 0 Å². The van der Waals surface area contributed by atoms with Crippen LogP contribution in [0.25, 0.3) is 5.69 Å². The van der Waals surface area contributed by atoms with Crippen molar-refractivity contribution in [2.45, 2.75) is 19.4 Å². The fourth-order valence-electron chi connectivity index (χ4n) is 4.22. The zero-order chi connectivity index (χ0) is 18.4. The molecule has 7 nitrogen and oxygen atoms in total. The molecule has 1 aromatic heterocycles. The van der Waals surface area contributed by atoms with Crippen molar-refractivity contribution < 1.29 is 4.79 Å². The summed E-state index contributed by atoms with van der Waals surface area (Å²) < 4.78 is 1.47. The van der Waals surface area contributed by atoms with Crippen LogP contribution >= 0.6 is 0 Å². The third kappa shape index (κ3) is 2.99. The lowest BCUT2D eigenvalue weighted by Gasteiger charge is -2.26. The van der Waals surface area contributed by atoms with Gasteiger partial charge in [-0.25, -0.2) is 4.79 Å². The highest BCUT2D eigenvalue weighted by atomic mass is 16.1. The summed E-state index contributed by atoms with van der Waals surface area (Å²) in [4.78, 5) is 29.4. The van der Waals surface area contributed by atoms with Crippen molar-refractivity contribution in [3.8, 4) is 5.69 Å². The van der Waals surface area contributed by atoms with Crippen LogP contribution in [0.3, 0.4) is 0 Å². The summed E-state index contributed by atoms with van der Waals surface area (Å²) in [6, 6.07) is 9.94. The normalized spacial score (nSPS) is 25.7. The lowest BCUT2D eigenvalue weighted by atomic mass is 10.0. The Kier molecular flexibility index (Phi) is 4.03. The van der Waals surface area contributed by atoms with E-state index < -0.39 is 0 Å². The van der Waals surface area contributed by atoms with Gasteiger partial charge in [-0.15, -0.1) is 0 Å². The first kappa shape index (κ1) is 16.8. The number of fused-ring (bicyclic) bond motifs is 1. The van der Waals surface area contributed by atoms with E-state index in [9.17, 15) is 9.59 Å². The van der Waals surface area contributed by atoms with Crippen molar-refractivity contribution in [2.24, 2.45) is 23.5 Å². The summed E-state index contributed by atoms with van der Waals surface area (Å²) in [6.07, 6.45) is 2.56. The molecule has 2 fully saturated rings. The molecule has 4 atom stereocenters. The number of carbonyl (C=O) groups excluding carboxylic acids is 1. The SMILES string of the molecule is CC(Cc1ccc(-n2ccc(N)nc2=O)cc1)N1C[C@@H]2[C@H](C1)[C@H]2C(N)=O. The Bertz CT molecular complexity index is 880. The number of benzene rings is 1. The van der Waals surface area contributed by atoms with Gasteiger partial charge in [-0.1, -0.05) is 12.1 Å². The molecule has 4 N–H and O–H groups in total. The standard InChI is InChI=1S/C19H23N5O2/c1-11(23-9-14-15(10-23)17(14)18(21)25)8-12-2-4-13(5-3-12)24-7-6-16(20)22-19(24)26/h2-7,11,14-15,17H,8-10H2,1H3,(H2,21,25)(H2,20,22,26)/t11?,14-,15+,17+. The van der Waals surface area contributed by atoms with E-state index in [1.807, 2.05) is 24.3 Å². The molecule has 1 aromatic carbocycles. The number of piperidine rings is 1. The molecule has 0 spiro atoms. The summed E-state index contributed by atoms with van der Waals surface area (Å²) in [6.45, 7) is 4.14. The second-order valence-corrected chi connectivity index (χ2v) is 7.43. The van der Waals surface area contributed by atoms with Gasteiger partial charge < -0.3 is 11.5 Å². The summed E-state index contributed by atoms with van der Waals surface area (Å²) >= 11 is 0. The Morgan fingerprint density at radius 2 is 1.88 bits per heavy atom. The molecule has 0 radical (unpaired) electrons. The highest BCUT2D eigenvalue weighted by Gasteiger charge is 2.58. The molecule has 136 valence electrons. The third-order valence-corrected chi connectivity index (χ3v) is 5.74. The molecule has 26 heavy (non-hydrogen) atoms. The van der Waals surface area contributed by atoms with Gasteiger partial charge in [0.15, 0.2) is 0 Å². The lowest BCUT2D eigenvalue weighted by molar-refractivity contribution is -0.120. The molecule has 4 rings (SSSR count). The predicted octanol–water partition coefficient (Wildman–Crippen LogP) is 0.409. The van der Waals surface area contributed by atoms with Crippen LogP contribution in [0.15, 0.2) is 41.3 Å². The zero-order valence-corrected chi connectivity index (χ0v) is 14.7. The van der Waals surface area contributed by atoms with Crippen LogP contribution in [0.4, 0.5) is 5.82 Å². The number of likely N-dealkylation sites (tertiary alicyclic amines) is 1. The largest absolute Gasteiger partial charge is 0.383 e. The second-order valence-electron chi connectivity index (χ2n) is 7.43. The molecule has 2 aromatic rings. The van der Waals surface area contributed by atoms with E-state index in [1.54, 1.807) is 12.3 Å². The first-order chi connectivity index (χ1) is 12.4. The first-order valence-corrected chi connectivity index (χ1v) is 8.92.